The Kier molecular flexibility index (Phi) is 7.19. The second-order valence-electron chi connectivity index (χ2n) is 6.81. The average Bonchev–Trinajstić information content (AvgIpc) is 2.79. The molecule has 2 amide bonds. The molecule has 10 heteroatoms. The van der Waals surface area contributed by atoms with Crippen molar-refractivity contribution in [3.63, 3.8) is 0 Å². The van der Waals surface area contributed by atoms with Crippen LogP contribution in [0.4, 0.5) is 16.2 Å². The fraction of sp³-hybridized carbons (Fsp3) is 0.130. The molecule has 0 aliphatic carbocycles. The van der Waals surface area contributed by atoms with Gasteiger partial charge in [0.05, 0.1) is 14.2 Å². The van der Waals surface area contributed by atoms with Gasteiger partial charge in [-0.2, -0.15) is 8.42 Å². The number of ether oxygens (including phenoxy) is 2. The van der Waals surface area contributed by atoms with Crippen LogP contribution in [-0.2, 0) is 14.9 Å². The van der Waals surface area contributed by atoms with Gasteiger partial charge in [-0.3, -0.25) is 0 Å². The van der Waals surface area contributed by atoms with Crippen LogP contribution in [0.1, 0.15) is 15.9 Å². The van der Waals surface area contributed by atoms with Gasteiger partial charge >= 0.3 is 22.1 Å². The van der Waals surface area contributed by atoms with Crippen LogP contribution in [0.25, 0.3) is 0 Å². The zero-order valence-electron chi connectivity index (χ0n) is 18.1. The zero-order chi connectivity index (χ0) is 24.0. The second kappa shape index (κ2) is 10.0. The topological polar surface area (TPSA) is 120 Å². The summed E-state index contributed by atoms with van der Waals surface area (Å²) in [5.41, 5.74) is 1.07. The minimum atomic E-state index is -4.26. The molecule has 0 spiro atoms. The number of benzene rings is 3. The summed E-state index contributed by atoms with van der Waals surface area (Å²) in [6.07, 6.45) is 0. The van der Waals surface area contributed by atoms with Gasteiger partial charge in [-0.15, -0.1) is 0 Å². The average molecular weight is 471 g/mol. The maximum absolute atomic E-state index is 12.8. The number of aryl methyl sites for hydroxylation is 1. The van der Waals surface area contributed by atoms with Crippen molar-refractivity contribution in [1.29, 1.82) is 0 Å². The highest BCUT2D eigenvalue weighted by molar-refractivity contribution is 7.87. The summed E-state index contributed by atoms with van der Waals surface area (Å²) in [5, 5.41) is 5.21. The van der Waals surface area contributed by atoms with Gasteiger partial charge in [0.25, 0.3) is 0 Å². The lowest BCUT2D eigenvalue weighted by Crippen LogP contribution is -2.20. The first-order valence-corrected chi connectivity index (χ1v) is 11.1. The van der Waals surface area contributed by atoms with E-state index in [-0.39, 0.29) is 21.9 Å². The van der Waals surface area contributed by atoms with E-state index in [0.717, 1.165) is 7.11 Å². The third-order valence-corrected chi connectivity index (χ3v) is 5.95. The number of rotatable bonds is 7. The van der Waals surface area contributed by atoms with E-state index >= 15 is 0 Å². The summed E-state index contributed by atoms with van der Waals surface area (Å²) >= 11 is 0. The molecule has 0 bridgehead atoms. The number of carbonyl (C=O) groups is 2. The zero-order valence-corrected chi connectivity index (χ0v) is 18.9. The predicted molar refractivity (Wildman–Crippen MR) is 122 cm³/mol. The molecule has 0 aliphatic heterocycles. The number of methoxy groups -OCH3 is 2. The fourth-order valence-electron chi connectivity index (χ4n) is 2.92. The van der Waals surface area contributed by atoms with Gasteiger partial charge in [0.1, 0.15) is 16.2 Å². The van der Waals surface area contributed by atoms with Crippen LogP contribution in [0.3, 0.4) is 0 Å². The summed E-state index contributed by atoms with van der Waals surface area (Å²) in [7, 11) is -1.56. The highest BCUT2D eigenvalue weighted by atomic mass is 32.2. The maximum atomic E-state index is 12.8. The van der Waals surface area contributed by atoms with Crippen LogP contribution in [0.2, 0.25) is 0 Å². The highest BCUT2D eigenvalue weighted by Crippen LogP contribution is 2.28. The molecule has 0 saturated heterocycles. The molecule has 0 atom stereocenters. The Hall–Kier alpha value is -4.05. The standard InChI is InChI=1S/C23H22N2O7S/c1-15-6-4-5-7-21(15)33(28,29)32-20-14-17(10-13-19(20)22(26)31-3)25-23(27)24-16-8-11-18(30-2)12-9-16/h4-14H,1-3H3,(H2,24,25,27). The molecule has 0 aliphatic rings. The van der Waals surface area contributed by atoms with Crippen molar-refractivity contribution in [1.82, 2.24) is 0 Å². The molecule has 3 rings (SSSR count). The van der Waals surface area contributed by atoms with Gasteiger partial charge < -0.3 is 24.3 Å². The Morgan fingerprint density at radius 1 is 0.848 bits per heavy atom. The number of anilines is 2. The molecule has 3 aromatic rings. The van der Waals surface area contributed by atoms with Crippen LogP contribution >= 0.6 is 0 Å². The van der Waals surface area contributed by atoms with E-state index in [4.69, 9.17) is 13.7 Å². The van der Waals surface area contributed by atoms with Crippen LogP contribution in [0.5, 0.6) is 11.5 Å². The second-order valence-corrected chi connectivity index (χ2v) is 8.33. The SMILES string of the molecule is COC(=O)c1ccc(NC(=O)Nc2ccc(OC)cc2)cc1OS(=O)(=O)c1ccccc1C. The third-order valence-electron chi connectivity index (χ3n) is 4.56. The first-order valence-electron chi connectivity index (χ1n) is 9.68. The van der Waals surface area contributed by atoms with E-state index in [1.54, 1.807) is 49.4 Å². The monoisotopic (exact) mass is 470 g/mol. The lowest BCUT2D eigenvalue weighted by molar-refractivity contribution is 0.0599. The van der Waals surface area contributed by atoms with Crippen molar-refractivity contribution in [2.45, 2.75) is 11.8 Å². The van der Waals surface area contributed by atoms with Crippen molar-refractivity contribution in [2.75, 3.05) is 24.9 Å². The molecular weight excluding hydrogens is 448 g/mol. The quantitative estimate of drug-likeness (QED) is 0.392. The van der Waals surface area contributed by atoms with Gasteiger partial charge in [0, 0.05) is 17.4 Å². The van der Waals surface area contributed by atoms with Crippen molar-refractivity contribution >= 4 is 33.5 Å². The summed E-state index contributed by atoms with van der Waals surface area (Å²) < 4.78 is 40.7. The van der Waals surface area contributed by atoms with Gasteiger partial charge in [0.2, 0.25) is 0 Å². The Morgan fingerprint density at radius 3 is 2.12 bits per heavy atom. The molecule has 2 N–H and O–H groups in total. The normalized spacial score (nSPS) is 10.8. The summed E-state index contributed by atoms with van der Waals surface area (Å²) in [6.45, 7) is 1.62. The van der Waals surface area contributed by atoms with E-state index in [9.17, 15) is 18.0 Å². The van der Waals surface area contributed by atoms with Crippen molar-refractivity contribution < 1.29 is 31.7 Å². The Labute approximate surface area is 191 Å². The van der Waals surface area contributed by atoms with E-state index in [1.165, 1.54) is 31.4 Å². The van der Waals surface area contributed by atoms with Crippen molar-refractivity contribution in [3.8, 4) is 11.5 Å². The molecule has 3 aromatic carbocycles. The molecule has 0 fully saturated rings. The highest BCUT2D eigenvalue weighted by Gasteiger charge is 2.23. The minimum absolute atomic E-state index is 0.0450. The first-order chi connectivity index (χ1) is 15.7. The van der Waals surface area contributed by atoms with E-state index < -0.39 is 22.1 Å². The molecule has 0 radical (unpaired) electrons. The van der Waals surface area contributed by atoms with E-state index in [0.29, 0.717) is 17.0 Å². The molecule has 33 heavy (non-hydrogen) atoms. The number of nitrogens with one attached hydrogen (secondary N) is 2. The number of hydrogen-bond acceptors (Lipinski definition) is 7. The van der Waals surface area contributed by atoms with Crippen LogP contribution < -0.4 is 19.6 Å². The van der Waals surface area contributed by atoms with E-state index in [1.807, 2.05) is 0 Å². The molecule has 0 unspecified atom stereocenters. The number of hydrogen-bond donors (Lipinski definition) is 2. The van der Waals surface area contributed by atoms with Gasteiger partial charge in [0.15, 0.2) is 5.75 Å². The minimum Gasteiger partial charge on any atom is -0.497 e. The molecular formula is C23H22N2O7S. The van der Waals surface area contributed by atoms with Gasteiger partial charge in [-0.1, -0.05) is 18.2 Å². The predicted octanol–water partition coefficient (Wildman–Crippen LogP) is 4.20. The third kappa shape index (κ3) is 5.80. The van der Waals surface area contributed by atoms with Crippen LogP contribution in [0, 0.1) is 6.92 Å². The number of urea groups is 1. The lowest BCUT2D eigenvalue weighted by Gasteiger charge is -2.14. The first kappa shape index (κ1) is 23.6. The van der Waals surface area contributed by atoms with Crippen molar-refractivity contribution in [3.05, 3.63) is 77.9 Å². The fourth-order valence-corrected chi connectivity index (χ4v) is 4.09. The van der Waals surface area contributed by atoms with Crippen LogP contribution in [0.15, 0.2) is 71.6 Å². The summed E-state index contributed by atoms with van der Waals surface area (Å²) in [4.78, 5) is 24.5. The summed E-state index contributed by atoms with van der Waals surface area (Å²) in [6, 6.07) is 16.3. The lowest BCUT2D eigenvalue weighted by atomic mass is 10.2. The largest absolute Gasteiger partial charge is 0.497 e. The molecule has 9 nitrogen and oxygen atoms in total. The Balaban J connectivity index is 1.85. The number of amides is 2. The Bertz CT molecular complexity index is 1270. The number of carbonyl (C=O) groups excluding carboxylic acids is 2. The van der Waals surface area contributed by atoms with Gasteiger partial charge in [-0.25, -0.2) is 9.59 Å². The maximum Gasteiger partial charge on any atom is 0.341 e. The molecule has 0 heterocycles. The van der Waals surface area contributed by atoms with Crippen LogP contribution in [-0.4, -0.2) is 34.6 Å². The van der Waals surface area contributed by atoms with Crippen molar-refractivity contribution in [2.24, 2.45) is 0 Å². The van der Waals surface area contributed by atoms with E-state index in [2.05, 4.69) is 10.6 Å². The smallest absolute Gasteiger partial charge is 0.341 e. The molecule has 172 valence electrons. The summed E-state index contributed by atoms with van der Waals surface area (Å²) in [5.74, 6) is -0.442. The number of esters is 1. The molecule has 0 saturated carbocycles. The van der Waals surface area contributed by atoms with Gasteiger partial charge in [-0.05, 0) is 55.0 Å². The molecule has 0 aromatic heterocycles. The Morgan fingerprint density at radius 2 is 1.48 bits per heavy atom.